The zero-order valence-corrected chi connectivity index (χ0v) is 13.1. The van der Waals surface area contributed by atoms with E-state index in [2.05, 4.69) is 25.5 Å². The second kappa shape index (κ2) is 7.81. The molecule has 21 heavy (non-hydrogen) atoms. The van der Waals surface area contributed by atoms with Gasteiger partial charge in [0.1, 0.15) is 5.82 Å². The fourth-order valence-corrected chi connectivity index (χ4v) is 1.96. The zero-order valence-electron chi connectivity index (χ0n) is 12.3. The Morgan fingerprint density at radius 2 is 1.95 bits per heavy atom. The Balaban J connectivity index is 1.90. The molecule has 0 unspecified atom stereocenters. The van der Waals surface area contributed by atoms with E-state index in [1.807, 2.05) is 44.4 Å². The maximum absolute atomic E-state index is 6.13. The van der Waals surface area contributed by atoms with Crippen LogP contribution in [0.5, 0.6) is 0 Å². The molecular weight excluding hydrogens is 286 g/mol. The summed E-state index contributed by atoms with van der Waals surface area (Å²) in [7, 11) is 4.06. The molecule has 2 N–H and O–H groups in total. The number of hydrogen-bond donors (Lipinski definition) is 2. The Kier molecular flexibility index (Phi) is 5.78. The fraction of sp³-hybridized carbons (Fsp3) is 0.333. The first-order valence-electron chi connectivity index (χ1n) is 6.84. The van der Waals surface area contributed by atoms with E-state index in [1.54, 1.807) is 6.20 Å². The summed E-state index contributed by atoms with van der Waals surface area (Å²) < 4.78 is 0. The largest absolute Gasteiger partial charge is 0.366 e. The lowest BCUT2D eigenvalue weighted by molar-refractivity contribution is 0.425. The van der Waals surface area contributed by atoms with Crippen LogP contribution in [0.15, 0.2) is 36.5 Å². The minimum atomic E-state index is 0.626. The van der Waals surface area contributed by atoms with Crippen LogP contribution in [-0.4, -0.2) is 42.1 Å². The molecule has 0 bridgehead atoms. The van der Waals surface area contributed by atoms with E-state index in [-0.39, 0.29) is 0 Å². The quantitative estimate of drug-likeness (QED) is 0.824. The predicted octanol–water partition coefficient (Wildman–Crippen LogP) is 2.72. The molecule has 6 heteroatoms. The molecule has 0 aliphatic rings. The molecular formula is C15H20ClN5. The molecule has 1 aromatic heterocycles. The summed E-state index contributed by atoms with van der Waals surface area (Å²) in [6, 6.07) is 9.61. The van der Waals surface area contributed by atoms with Crippen LogP contribution < -0.4 is 10.6 Å². The van der Waals surface area contributed by atoms with Gasteiger partial charge in [0.25, 0.3) is 0 Å². The highest BCUT2D eigenvalue weighted by molar-refractivity contribution is 6.31. The summed E-state index contributed by atoms with van der Waals surface area (Å²) >= 11 is 6.13. The summed E-state index contributed by atoms with van der Waals surface area (Å²) in [5.74, 6) is 1.40. The first kappa shape index (κ1) is 15.5. The van der Waals surface area contributed by atoms with E-state index in [0.717, 1.165) is 29.5 Å². The number of likely N-dealkylation sites (N-methyl/N-ethyl adjacent to an activating group) is 1. The summed E-state index contributed by atoms with van der Waals surface area (Å²) in [5.41, 5.74) is 1.04. The Morgan fingerprint density at radius 1 is 1.14 bits per heavy atom. The van der Waals surface area contributed by atoms with Gasteiger partial charge in [-0.2, -0.15) is 4.98 Å². The fourth-order valence-electron chi connectivity index (χ4n) is 1.76. The lowest BCUT2D eigenvalue weighted by Gasteiger charge is -2.11. The van der Waals surface area contributed by atoms with Crippen molar-refractivity contribution in [1.82, 2.24) is 14.9 Å². The summed E-state index contributed by atoms with van der Waals surface area (Å²) in [5, 5.41) is 7.20. The van der Waals surface area contributed by atoms with E-state index in [4.69, 9.17) is 11.6 Å². The predicted molar refractivity (Wildman–Crippen MR) is 87.9 cm³/mol. The van der Waals surface area contributed by atoms with Crippen LogP contribution in [0.25, 0.3) is 0 Å². The number of nitrogens with one attached hydrogen (secondary N) is 2. The van der Waals surface area contributed by atoms with Gasteiger partial charge in [0, 0.05) is 30.9 Å². The van der Waals surface area contributed by atoms with Crippen LogP contribution in [0.1, 0.15) is 5.56 Å². The van der Waals surface area contributed by atoms with Crippen molar-refractivity contribution >= 4 is 23.4 Å². The van der Waals surface area contributed by atoms with E-state index < -0.39 is 0 Å². The highest BCUT2D eigenvalue weighted by Gasteiger charge is 2.01. The maximum atomic E-state index is 6.13. The molecule has 0 amide bonds. The summed E-state index contributed by atoms with van der Waals surface area (Å²) in [4.78, 5) is 10.7. The second-order valence-corrected chi connectivity index (χ2v) is 5.35. The van der Waals surface area contributed by atoms with Crippen LogP contribution >= 0.6 is 11.6 Å². The number of rotatable bonds is 7. The van der Waals surface area contributed by atoms with Gasteiger partial charge in [0.05, 0.1) is 0 Å². The van der Waals surface area contributed by atoms with Gasteiger partial charge in [-0.25, -0.2) is 4.98 Å². The first-order valence-corrected chi connectivity index (χ1v) is 7.22. The van der Waals surface area contributed by atoms with Gasteiger partial charge in [-0.15, -0.1) is 0 Å². The molecule has 0 spiro atoms. The molecule has 5 nitrogen and oxygen atoms in total. The molecule has 0 aliphatic carbocycles. The molecule has 0 atom stereocenters. The SMILES string of the molecule is CN(C)CCNc1nccc(NCc2ccccc2Cl)n1. The van der Waals surface area contributed by atoms with Crippen molar-refractivity contribution in [2.24, 2.45) is 0 Å². The molecule has 0 radical (unpaired) electrons. The highest BCUT2D eigenvalue weighted by Crippen LogP contribution is 2.16. The van der Waals surface area contributed by atoms with Crippen molar-refractivity contribution in [3.05, 3.63) is 47.1 Å². The van der Waals surface area contributed by atoms with E-state index in [9.17, 15) is 0 Å². The maximum Gasteiger partial charge on any atom is 0.224 e. The Labute approximate surface area is 130 Å². The minimum absolute atomic E-state index is 0.626. The Hall–Kier alpha value is -1.85. The highest BCUT2D eigenvalue weighted by atomic mass is 35.5. The second-order valence-electron chi connectivity index (χ2n) is 4.94. The van der Waals surface area contributed by atoms with Gasteiger partial charge in [0.15, 0.2) is 0 Å². The van der Waals surface area contributed by atoms with Crippen LogP contribution in [0.2, 0.25) is 5.02 Å². The van der Waals surface area contributed by atoms with E-state index >= 15 is 0 Å². The Bertz CT molecular complexity index is 573. The topological polar surface area (TPSA) is 53.1 Å². The number of nitrogens with zero attached hydrogens (tertiary/aromatic N) is 3. The molecule has 1 heterocycles. The lowest BCUT2D eigenvalue weighted by Crippen LogP contribution is -2.21. The van der Waals surface area contributed by atoms with Gasteiger partial charge < -0.3 is 15.5 Å². The molecule has 1 aromatic carbocycles. The smallest absolute Gasteiger partial charge is 0.224 e. The van der Waals surface area contributed by atoms with Crippen LogP contribution in [0.3, 0.4) is 0 Å². The van der Waals surface area contributed by atoms with Gasteiger partial charge in [-0.3, -0.25) is 0 Å². The number of hydrogen-bond acceptors (Lipinski definition) is 5. The molecule has 0 aliphatic heterocycles. The zero-order chi connectivity index (χ0) is 15.1. The molecule has 2 aromatic rings. The third-order valence-electron chi connectivity index (χ3n) is 2.92. The number of aromatic nitrogens is 2. The van der Waals surface area contributed by atoms with Crippen LogP contribution in [0.4, 0.5) is 11.8 Å². The minimum Gasteiger partial charge on any atom is -0.366 e. The van der Waals surface area contributed by atoms with E-state index in [0.29, 0.717) is 12.5 Å². The van der Waals surface area contributed by atoms with Gasteiger partial charge in [0.2, 0.25) is 5.95 Å². The van der Waals surface area contributed by atoms with Crippen molar-refractivity contribution < 1.29 is 0 Å². The van der Waals surface area contributed by atoms with Crippen LogP contribution in [-0.2, 0) is 6.54 Å². The molecule has 2 rings (SSSR count). The first-order chi connectivity index (χ1) is 10.1. The summed E-state index contributed by atoms with van der Waals surface area (Å²) in [6.45, 7) is 2.37. The molecule has 0 fully saturated rings. The number of halogens is 1. The number of anilines is 2. The normalized spacial score (nSPS) is 10.7. The van der Waals surface area contributed by atoms with Crippen molar-refractivity contribution in [3.8, 4) is 0 Å². The Morgan fingerprint density at radius 3 is 2.71 bits per heavy atom. The average Bonchev–Trinajstić information content (AvgIpc) is 2.46. The molecule has 0 saturated carbocycles. The van der Waals surface area contributed by atoms with Gasteiger partial charge in [-0.1, -0.05) is 29.8 Å². The van der Waals surface area contributed by atoms with Crippen molar-refractivity contribution in [2.45, 2.75) is 6.54 Å². The van der Waals surface area contributed by atoms with Crippen molar-refractivity contribution in [3.63, 3.8) is 0 Å². The van der Waals surface area contributed by atoms with Crippen LogP contribution in [0, 0.1) is 0 Å². The van der Waals surface area contributed by atoms with Crippen molar-refractivity contribution in [1.29, 1.82) is 0 Å². The lowest BCUT2D eigenvalue weighted by atomic mass is 10.2. The van der Waals surface area contributed by atoms with Gasteiger partial charge >= 0.3 is 0 Å². The third kappa shape index (κ3) is 5.21. The molecule has 112 valence electrons. The summed E-state index contributed by atoms with van der Waals surface area (Å²) in [6.07, 6.45) is 1.74. The average molecular weight is 306 g/mol. The number of benzene rings is 1. The molecule has 0 saturated heterocycles. The standard InChI is InChI=1S/C15H20ClN5/c1-21(2)10-9-18-15-17-8-7-14(20-15)19-11-12-5-3-4-6-13(12)16/h3-8H,9-11H2,1-2H3,(H2,17,18,19,20). The monoisotopic (exact) mass is 305 g/mol. The van der Waals surface area contributed by atoms with Gasteiger partial charge in [-0.05, 0) is 31.8 Å². The van der Waals surface area contributed by atoms with E-state index in [1.165, 1.54) is 0 Å². The van der Waals surface area contributed by atoms with Crippen molar-refractivity contribution in [2.75, 3.05) is 37.8 Å². The third-order valence-corrected chi connectivity index (χ3v) is 3.28.